The van der Waals surface area contributed by atoms with Crippen molar-refractivity contribution in [3.05, 3.63) is 61.4 Å². The van der Waals surface area contributed by atoms with E-state index < -0.39 is 23.8 Å². The number of benzene rings is 2. The molecule has 11 heteroatoms. The third-order valence-electron chi connectivity index (χ3n) is 4.33. The molecule has 1 fully saturated rings. The predicted molar refractivity (Wildman–Crippen MR) is 130 cm³/mol. The average Bonchev–Trinajstić information content (AvgIpc) is 2.98. The average molecular weight is 586 g/mol. The smallest absolute Gasteiger partial charge is 0.335 e. The second-order valence-corrected chi connectivity index (χ2v) is 9.87. The van der Waals surface area contributed by atoms with Crippen LogP contribution in [-0.2, 0) is 9.59 Å². The fourth-order valence-electron chi connectivity index (χ4n) is 2.71. The van der Waals surface area contributed by atoms with E-state index in [1.807, 2.05) is 0 Å². The van der Waals surface area contributed by atoms with E-state index in [4.69, 9.17) is 17.3 Å². The van der Waals surface area contributed by atoms with E-state index in [2.05, 4.69) is 37.2 Å². The molecule has 0 radical (unpaired) electrons. The number of hydrogen-bond donors (Lipinski definition) is 3. The van der Waals surface area contributed by atoms with Gasteiger partial charge in [-0.15, -0.1) is 0 Å². The minimum atomic E-state index is -1.07. The second kappa shape index (κ2) is 9.51. The molecule has 2 aromatic rings. The van der Waals surface area contributed by atoms with E-state index in [1.54, 1.807) is 19.1 Å². The Morgan fingerprint density at radius 1 is 1.23 bits per heavy atom. The maximum atomic E-state index is 12.9. The largest absolute Gasteiger partial charge is 0.506 e. The maximum absolute atomic E-state index is 12.9. The second-order valence-electron chi connectivity index (χ2n) is 6.42. The Hall–Kier alpha value is -2.21. The summed E-state index contributed by atoms with van der Waals surface area (Å²) in [7, 11) is 0. The first-order valence-electron chi connectivity index (χ1n) is 8.67. The number of carboxylic acids is 1. The third kappa shape index (κ3) is 5.17. The van der Waals surface area contributed by atoms with Crippen molar-refractivity contribution in [2.75, 3.05) is 5.32 Å². The van der Waals surface area contributed by atoms with Crippen LogP contribution >= 0.6 is 55.8 Å². The first-order chi connectivity index (χ1) is 14.6. The van der Waals surface area contributed by atoms with E-state index in [-0.39, 0.29) is 20.5 Å². The summed E-state index contributed by atoms with van der Waals surface area (Å²) >= 11 is 12.9. The summed E-state index contributed by atoms with van der Waals surface area (Å²) in [4.78, 5) is 38.0. The molecule has 160 valence electrons. The normalized spacial score (nSPS) is 16.0. The molecule has 0 spiro atoms. The fourth-order valence-corrected chi connectivity index (χ4v) is 5.38. The van der Waals surface area contributed by atoms with Crippen LogP contribution in [0.15, 0.2) is 50.2 Å². The van der Waals surface area contributed by atoms with E-state index in [0.717, 1.165) is 11.8 Å². The first-order valence-corrected chi connectivity index (χ1v) is 11.5. The molecule has 1 heterocycles. The highest BCUT2D eigenvalue weighted by molar-refractivity contribution is 9.11. The number of nitrogens with zero attached hydrogens (tertiary/aromatic N) is 1. The van der Waals surface area contributed by atoms with Crippen LogP contribution in [0, 0.1) is 0 Å². The van der Waals surface area contributed by atoms with E-state index in [0.29, 0.717) is 20.2 Å². The third-order valence-corrected chi connectivity index (χ3v) is 6.73. The van der Waals surface area contributed by atoms with Crippen molar-refractivity contribution in [3.8, 4) is 5.75 Å². The van der Waals surface area contributed by atoms with Crippen molar-refractivity contribution < 1.29 is 24.6 Å². The predicted octanol–water partition coefficient (Wildman–Crippen LogP) is 4.84. The number of aromatic hydroxyl groups is 1. The molecule has 3 rings (SSSR count). The van der Waals surface area contributed by atoms with E-state index in [1.165, 1.54) is 35.2 Å². The molecular weight excluding hydrogens is 572 g/mol. The number of anilines is 1. The standard InChI is InChI=1S/C20H14Br2N2O5S2/c1-9(17(26)23-13-4-2-10(3-5-13)19(28)29)24-18(27)15(31-20(24)30)7-11-6-12(21)8-14(22)16(11)25/h2-9,25H,1H3,(H,23,26)(H,28,29)/b15-7-. The number of carbonyl (C=O) groups is 3. The van der Waals surface area contributed by atoms with E-state index in [9.17, 15) is 19.5 Å². The number of carboxylic acid groups (broad SMARTS) is 1. The van der Waals surface area contributed by atoms with Crippen LogP contribution < -0.4 is 5.32 Å². The van der Waals surface area contributed by atoms with Gasteiger partial charge in [0.1, 0.15) is 16.1 Å². The quantitative estimate of drug-likeness (QED) is 0.340. The summed E-state index contributed by atoms with van der Waals surface area (Å²) in [5, 5.41) is 21.8. The van der Waals surface area contributed by atoms with Gasteiger partial charge in [0.2, 0.25) is 5.91 Å². The number of thioether (sulfide) groups is 1. The summed E-state index contributed by atoms with van der Waals surface area (Å²) in [6.45, 7) is 1.54. The number of nitrogens with one attached hydrogen (secondary N) is 1. The van der Waals surface area contributed by atoms with Gasteiger partial charge in [-0.25, -0.2) is 4.79 Å². The van der Waals surface area contributed by atoms with Gasteiger partial charge in [-0.3, -0.25) is 14.5 Å². The molecule has 1 saturated heterocycles. The number of thiocarbonyl (C=S) groups is 1. The highest BCUT2D eigenvalue weighted by Crippen LogP contribution is 2.38. The highest BCUT2D eigenvalue weighted by atomic mass is 79.9. The molecule has 1 aliphatic rings. The molecule has 1 aliphatic heterocycles. The number of halogens is 2. The lowest BCUT2D eigenvalue weighted by molar-refractivity contribution is -0.129. The molecule has 0 aromatic heterocycles. The molecule has 2 amide bonds. The van der Waals surface area contributed by atoms with Crippen molar-refractivity contribution in [2.24, 2.45) is 0 Å². The summed E-state index contributed by atoms with van der Waals surface area (Å²) in [6, 6.07) is 8.09. The van der Waals surface area contributed by atoms with Crippen molar-refractivity contribution in [1.29, 1.82) is 0 Å². The number of rotatable bonds is 5. The monoisotopic (exact) mass is 584 g/mol. The van der Waals surface area contributed by atoms with Gasteiger partial charge in [0, 0.05) is 15.7 Å². The molecule has 1 unspecified atom stereocenters. The van der Waals surface area contributed by atoms with Crippen LogP contribution in [0.1, 0.15) is 22.8 Å². The Morgan fingerprint density at radius 3 is 2.48 bits per heavy atom. The number of carbonyl (C=O) groups excluding carboxylic acids is 2. The van der Waals surface area contributed by atoms with Gasteiger partial charge < -0.3 is 15.5 Å². The summed E-state index contributed by atoms with van der Waals surface area (Å²) in [6.07, 6.45) is 1.51. The Kier molecular flexibility index (Phi) is 7.20. The Morgan fingerprint density at radius 2 is 1.87 bits per heavy atom. The fraction of sp³-hybridized carbons (Fsp3) is 0.100. The molecule has 1 atom stereocenters. The zero-order chi connectivity index (χ0) is 22.9. The summed E-state index contributed by atoms with van der Waals surface area (Å²) < 4.78 is 1.39. The van der Waals surface area contributed by atoms with Crippen LogP contribution in [0.25, 0.3) is 6.08 Å². The van der Waals surface area contributed by atoms with Gasteiger partial charge in [-0.2, -0.15) is 0 Å². The molecule has 0 aliphatic carbocycles. The van der Waals surface area contributed by atoms with E-state index >= 15 is 0 Å². The lowest BCUT2D eigenvalue weighted by atomic mass is 10.1. The highest BCUT2D eigenvalue weighted by Gasteiger charge is 2.38. The van der Waals surface area contributed by atoms with Gasteiger partial charge in [0.15, 0.2) is 0 Å². The molecule has 0 saturated carbocycles. The van der Waals surface area contributed by atoms with Crippen molar-refractivity contribution in [1.82, 2.24) is 4.90 Å². The van der Waals surface area contributed by atoms with Crippen LogP contribution in [0.2, 0.25) is 0 Å². The lowest BCUT2D eigenvalue weighted by Crippen LogP contribution is -2.44. The SMILES string of the molecule is CC(C(=O)Nc1ccc(C(=O)O)cc1)N1C(=O)/C(=C/c2cc(Br)cc(Br)c2O)SC1=S. The first kappa shape index (κ1) is 23.5. The van der Waals surface area contributed by atoms with Gasteiger partial charge in [0.25, 0.3) is 5.91 Å². The van der Waals surface area contributed by atoms with Crippen molar-refractivity contribution in [3.63, 3.8) is 0 Å². The van der Waals surface area contributed by atoms with Gasteiger partial charge in [-0.05, 0) is 65.3 Å². The zero-order valence-corrected chi connectivity index (χ0v) is 20.6. The number of aromatic carboxylic acids is 1. The van der Waals surface area contributed by atoms with Crippen LogP contribution in [-0.4, -0.2) is 43.3 Å². The van der Waals surface area contributed by atoms with Crippen LogP contribution in [0.5, 0.6) is 5.75 Å². The lowest BCUT2D eigenvalue weighted by Gasteiger charge is -2.22. The van der Waals surface area contributed by atoms with Gasteiger partial charge in [0.05, 0.1) is 14.9 Å². The number of amides is 2. The molecular formula is C20H14Br2N2O5S2. The van der Waals surface area contributed by atoms with Gasteiger partial charge in [-0.1, -0.05) is 39.9 Å². The summed E-state index contributed by atoms with van der Waals surface area (Å²) in [5.41, 5.74) is 0.902. The summed E-state index contributed by atoms with van der Waals surface area (Å²) in [5.74, 6) is -2.02. The molecule has 3 N–H and O–H groups in total. The Labute approximate surface area is 203 Å². The molecule has 2 aromatic carbocycles. The Bertz CT molecular complexity index is 1140. The molecule has 0 bridgehead atoms. The Balaban J connectivity index is 1.78. The molecule has 7 nitrogen and oxygen atoms in total. The number of hydrogen-bond acceptors (Lipinski definition) is 6. The van der Waals surface area contributed by atoms with Crippen LogP contribution in [0.3, 0.4) is 0 Å². The van der Waals surface area contributed by atoms with Crippen molar-refractivity contribution >= 4 is 89.7 Å². The maximum Gasteiger partial charge on any atom is 0.335 e. The number of phenols is 1. The van der Waals surface area contributed by atoms with Crippen LogP contribution in [0.4, 0.5) is 5.69 Å². The number of phenolic OH excluding ortho intramolecular Hbond substituents is 1. The van der Waals surface area contributed by atoms with Gasteiger partial charge >= 0.3 is 5.97 Å². The zero-order valence-electron chi connectivity index (χ0n) is 15.8. The minimum absolute atomic E-state index is 0.0240. The topological polar surface area (TPSA) is 107 Å². The van der Waals surface area contributed by atoms with Crippen molar-refractivity contribution in [2.45, 2.75) is 13.0 Å². The minimum Gasteiger partial charge on any atom is -0.506 e. The molecule has 31 heavy (non-hydrogen) atoms.